The van der Waals surface area contributed by atoms with Crippen molar-refractivity contribution in [3.8, 4) is 0 Å². The molecule has 6 heteroatoms. The van der Waals surface area contributed by atoms with Crippen molar-refractivity contribution in [3.63, 3.8) is 0 Å². The van der Waals surface area contributed by atoms with Crippen LogP contribution in [0.15, 0.2) is 29.2 Å². The van der Waals surface area contributed by atoms with Crippen molar-refractivity contribution in [3.05, 3.63) is 29.8 Å². The van der Waals surface area contributed by atoms with Gasteiger partial charge in [0, 0.05) is 11.1 Å². The zero-order valence-electron chi connectivity index (χ0n) is 10.7. The molecule has 1 aromatic rings. The molecule has 0 spiro atoms. The first kappa shape index (κ1) is 14.7. The lowest BCUT2D eigenvalue weighted by Crippen LogP contribution is -2.42. The first-order chi connectivity index (χ1) is 8.18. The minimum atomic E-state index is -3.57. The van der Waals surface area contributed by atoms with Crippen LogP contribution < -0.4 is 10.5 Å². The lowest BCUT2D eigenvalue weighted by Gasteiger charge is -2.24. The average molecular weight is 270 g/mol. The predicted octanol–water partition coefficient (Wildman–Crippen LogP) is 1.25. The second kappa shape index (κ2) is 5.07. The number of carbonyl (C=O) groups is 1. The molecule has 5 nitrogen and oxygen atoms in total. The van der Waals surface area contributed by atoms with Gasteiger partial charge in [-0.05, 0) is 44.5 Å². The van der Waals surface area contributed by atoms with Gasteiger partial charge < -0.3 is 5.73 Å². The summed E-state index contributed by atoms with van der Waals surface area (Å²) in [6, 6.07) is 5.54. The molecule has 0 unspecified atom stereocenters. The summed E-state index contributed by atoms with van der Waals surface area (Å²) in [7, 11) is -3.57. The molecule has 0 fully saturated rings. The number of sulfonamides is 1. The summed E-state index contributed by atoms with van der Waals surface area (Å²) in [5, 5.41) is 0. The van der Waals surface area contributed by atoms with Gasteiger partial charge in [-0.2, -0.15) is 0 Å². The molecule has 0 aromatic heterocycles. The lowest BCUT2D eigenvalue weighted by atomic mass is 10.0. The summed E-state index contributed by atoms with van der Waals surface area (Å²) in [5.74, 6) is -0.583. The van der Waals surface area contributed by atoms with E-state index in [0.29, 0.717) is 6.42 Å². The fourth-order valence-corrected chi connectivity index (χ4v) is 2.78. The Bertz CT molecular complexity index is 533. The third-order valence-corrected chi connectivity index (χ3v) is 4.46. The molecule has 0 aliphatic carbocycles. The molecule has 0 radical (unpaired) electrons. The monoisotopic (exact) mass is 270 g/mol. The quantitative estimate of drug-likeness (QED) is 0.844. The van der Waals surface area contributed by atoms with Crippen LogP contribution >= 0.6 is 0 Å². The van der Waals surface area contributed by atoms with Gasteiger partial charge in [0.2, 0.25) is 15.9 Å². The van der Waals surface area contributed by atoms with Gasteiger partial charge in [0.05, 0.1) is 4.90 Å². The van der Waals surface area contributed by atoms with Crippen molar-refractivity contribution in [1.29, 1.82) is 0 Å². The third kappa shape index (κ3) is 3.54. The zero-order valence-corrected chi connectivity index (χ0v) is 11.5. The molecule has 0 atom stereocenters. The number of hydrogen-bond donors (Lipinski definition) is 2. The van der Waals surface area contributed by atoms with E-state index in [1.54, 1.807) is 0 Å². The van der Waals surface area contributed by atoms with Gasteiger partial charge in [-0.3, -0.25) is 4.79 Å². The van der Waals surface area contributed by atoms with Crippen LogP contribution in [0.25, 0.3) is 0 Å². The summed E-state index contributed by atoms with van der Waals surface area (Å²) in [5.41, 5.74) is 4.86. The van der Waals surface area contributed by atoms with E-state index in [9.17, 15) is 13.2 Å². The van der Waals surface area contributed by atoms with Gasteiger partial charge in [0.25, 0.3) is 0 Å². The Labute approximate surface area is 107 Å². The number of nitrogens with two attached hydrogens (primary N) is 1. The molecule has 1 amide bonds. The summed E-state index contributed by atoms with van der Waals surface area (Å²) >= 11 is 0. The molecule has 0 bridgehead atoms. The maximum absolute atomic E-state index is 12.1. The van der Waals surface area contributed by atoms with Gasteiger partial charge >= 0.3 is 0 Å². The van der Waals surface area contributed by atoms with Crippen LogP contribution in [0.4, 0.5) is 0 Å². The molecule has 1 aromatic carbocycles. The molecule has 0 saturated carbocycles. The molecule has 100 valence electrons. The molecule has 3 N–H and O–H groups in total. The number of primary amides is 1. The van der Waals surface area contributed by atoms with E-state index in [0.717, 1.165) is 0 Å². The largest absolute Gasteiger partial charge is 0.366 e. The van der Waals surface area contributed by atoms with Crippen molar-refractivity contribution in [1.82, 2.24) is 4.72 Å². The number of rotatable bonds is 5. The molecular formula is C12H18N2O3S. The van der Waals surface area contributed by atoms with E-state index in [2.05, 4.69) is 4.72 Å². The number of hydrogen-bond acceptors (Lipinski definition) is 3. The van der Waals surface area contributed by atoms with Crippen molar-refractivity contribution in [2.75, 3.05) is 0 Å². The van der Waals surface area contributed by atoms with E-state index in [1.807, 2.05) is 20.8 Å². The van der Waals surface area contributed by atoms with Crippen molar-refractivity contribution in [2.24, 2.45) is 5.73 Å². The van der Waals surface area contributed by atoms with Crippen molar-refractivity contribution >= 4 is 15.9 Å². The first-order valence-corrected chi connectivity index (χ1v) is 7.10. The highest BCUT2D eigenvalue weighted by atomic mass is 32.2. The maximum atomic E-state index is 12.1. The summed E-state index contributed by atoms with van der Waals surface area (Å²) < 4.78 is 26.7. The van der Waals surface area contributed by atoms with E-state index >= 15 is 0 Å². The fourth-order valence-electron chi connectivity index (χ4n) is 1.29. The average Bonchev–Trinajstić information content (AvgIpc) is 2.28. The van der Waals surface area contributed by atoms with Crippen LogP contribution in [-0.2, 0) is 10.0 Å². The topological polar surface area (TPSA) is 89.3 Å². The molecule has 0 aliphatic rings. The SMILES string of the molecule is CCC(C)(C)NS(=O)(=O)c1ccc(C(N)=O)cc1. The standard InChI is InChI=1S/C12H18N2O3S/c1-4-12(2,3)14-18(16,17)10-7-5-9(6-8-10)11(13)15/h5-8,14H,4H2,1-3H3,(H2,13,15). The second-order valence-electron chi connectivity index (χ2n) is 4.73. The highest BCUT2D eigenvalue weighted by molar-refractivity contribution is 7.89. The molecule has 0 heterocycles. The Morgan fingerprint density at radius 1 is 1.28 bits per heavy atom. The van der Waals surface area contributed by atoms with Gasteiger partial charge in [0.15, 0.2) is 0 Å². The van der Waals surface area contributed by atoms with E-state index in [4.69, 9.17) is 5.73 Å². The fraction of sp³-hybridized carbons (Fsp3) is 0.417. The number of amides is 1. The smallest absolute Gasteiger partial charge is 0.248 e. The molecular weight excluding hydrogens is 252 g/mol. The summed E-state index contributed by atoms with van der Waals surface area (Å²) in [6.07, 6.45) is 0.672. The van der Waals surface area contributed by atoms with Gasteiger partial charge in [0.1, 0.15) is 0 Å². The predicted molar refractivity (Wildman–Crippen MR) is 69.7 cm³/mol. The molecule has 0 saturated heterocycles. The van der Waals surface area contributed by atoms with Crippen LogP contribution in [0.2, 0.25) is 0 Å². The normalized spacial score (nSPS) is 12.4. The Hall–Kier alpha value is -1.40. The van der Waals surface area contributed by atoms with Crippen LogP contribution in [0.1, 0.15) is 37.6 Å². The number of nitrogens with one attached hydrogen (secondary N) is 1. The molecule has 1 rings (SSSR count). The second-order valence-corrected chi connectivity index (χ2v) is 6.41. The van der Waals surface area contributed by atoms with Crippen molar-refractivity contribution < 1.29 is 13.2 Å². The Kier molecular flexibility index (Phi) is 4.13. The molecule has 18 heavy (non-hydrogen) atoms. The number of carbonyl (C=O) groups excluding carboxylic acids is 1. The van der Waals surface area contributed by atoms with Crippen LogP contribution in [0.3, 0.4) is 0 Å². The van der Waals surface area contributed by atoms with Gasteiger partial charge in [-0.15, -0.1) is 0 Å². The van der Waals surface area contributed by atoms with Gasteiger partial charge in [-0.25, -0.2) is 13.1 Å². The first-order valence-electron chi connectivity index (χ1n) is 5.62. The van der Waals surface area contributed by atoms with E-state index in [-0.39, 0.29) is 10.5 Å². The molecule has 0 aliphatic heterocycles. The number of benzene rings is 1. The maximum Gasteiger partial charge on any atom is 0.248 e. The van der Waals surface area contributed by atoms with Crippen LogP contribution in [-0.4, -0.2) is 19.9 Å². The Morgan fingerprint density at radius 3 is 2.17 bits per heavy atom. The van der Waals surface area contributed by atoms with E-state index in [1.165, 1.54) is 24.3 Å². The summed E-state index contributed by atoms with van der Waals surface area (Å²) in [4.78, 5) is 11.0. The van der Waals surface area contributed by atoms with Gasteiger partial charge in [-0.1, -0.05) is 6.92 Å². The van der Waals surface area contributed by atoms with E-state index < -0.39 is 21.5 Å². The van der Waals surface area contributed by atoms with Crippen LogP contribution in [0.5, 0.6) is 0 Å². The van der Waals surface area contributed by atoms with Crippen molar-refractivity contribution in [2.45, 2.75) is 37.6 Å². The highest BCUT2D eigenvalue weighted by Gasteiger charge is 2.24. The van der Waals surface area contributed by atoms with Crippen LogP contribution in [0, 0.1) is 0 Å². The minimum absolute atomic E-state index is 0.119. The minimum Gasteiger partial charge on any atom is -0.366 e. The third-order valence-electron chi connectivity index (χ3n) is 2.74. The lowest BCUT2D eigenvalue weighted by molar-refractivity contribution is 0.1000. The summed E-state index contributed by atoms with van der Waals surface area (Å²) in [6.45, 7) is 5.52. The Morgan fingerprint density at radius 2 is 1.78 bits per heavy atom. The highest BCUT2D eigenvalue weighted by Crippen LogP contribution is 2.15. The Balaban J connectivity index is 3.03. The zero-order chi connectivity index (χ0) is 14.0.